The van der Waals surface area contributed by atoms with Gasteiger partial charge in [-0.1, -0.05) is 12.1 Å². The summed E-state index contributed by atoms with van der Waals surface area (Å²) in [6.45, 7) is 2.02. The van der Waals surface area contributed by atoms with Gasteiger partial charge in [0.25, 0.3) is 0 Å². The van der Waals surface area contributed by atoms with Gasteiger partial charge >= 0.3 is 0 Å². The molecule has 0 radical (unpaired) electrons. The van der Waals surface area contributed by atoms with Crippen molar-refractivity contribution < 1.29 is 5.11 Å². The summed E-state index contributed by atoms with van der Waals surface area (Å²) in [5, 5.41) is 14.7. The van der Waals surface area contributed by atoms with Gasteiger partial charge in [-0.2, -0.15) is 0 Å². The monoisotopic (exact) mass is 262 g/mol. The molecular weight excluding hydrogens is 244 g/mol. The Morgan fingerprint density at radius 1 is 1.44 bits per heavy atom. The summed E-state index contributed by atoms with van der Waals surface area (Å²) in [4.78, 5) is 4.59. The van der Waals surface area contributed by atoms with Gasteiger partial charge in [-0.15, -0.1) is 11.3 Å². The second-order valence-corrected chi connectivity index (χ2v) is 6.07. The number of rotatable bonds is 3. The standard InChI is InChI=1S/C14H18N2OS/c17-12(10-4-3-7-15-9-10)8-14-16-11-5-1-2-6-13(11)18-14/h1-2,5-6,10,12,15,17H,3-4,7-9H2. The molecule has 0 aliphatic carbocycles. The molecule has 0 saturated carbocycles. The minimum absolute atomic E-state index is 0.265. The average molecular weight is 262 g/mol. The van der Waals surface area contributed by atoms with Gasteiger partial charge in [0.15, 0.2) is 0 Å². The summed E-state index contributed by atoms with van der Waals surface area (Å²) in [6.07, 6.45) is 2.71. The minimum Gasteiger partial charge on any atom is -0.392 e. The number of fused-ring (bicyclic) bond motifs is 1. The van der Waals surface area contributed by atoms with Crippen molar-refractivity contribution in [2.75, 3.05) is 13.1 Å². The van der Waals surface area contributed by atoms with E-state index >= 15 is 0 Å². The van der Waals surface area contributed by atoms with E-state index in [4.69, 9.17) is 0 Å². The van der Waals surface area contributed by atoms with Gasteiger partial charge in [0.1, 0.15) is 0 Å². The Morgan fingerprint density at radius 2 is 2.33 bits per heavy atom. The van der Waals surface area contributed by atoms with Crippen LogP contribution in [0.25, 0.3) is 10.2 Å². The summed E-state index contributed by atoms with van der Waals surface area (Å²) < 4.78 is 1.21. The van der Waals surface area contributed by atoms with Gasteiger partial charge in [0.2, 0.25) is 0 Å². The average Bonchev–Trinajstić information content (AvgIpc) is 2.82. The molecule has 18 heavy (non-hydrogen) atoms. The van der Waals surface area contributed by atoms with Crippen LogP contribution in [0.4, 0.5) is 0 Å². The van der Waals surface area contributed by atoms with Gasteiger partial charge < -0.3 is 10.4 Å². The van der Waals surface area contributed by atoms with E-state index in [1.807, 2.05) is 18.2 Å². The fourth-order valence-corrected chi connectivity index (χ4v) is 3.58. The molecule has 96 valence electrons. The molecule has 1 aromatic heterocycles. The van der Waals surface area contributed by atoms with E-state index in [-0.39, 0.29) is 6.10 Å². The fourth-order valence-electron chi connectivity index (χ4n) is 2.56. The van der Waals surface area contributed by atoms with Gasteiger partial charge in [0, 0.05) is 13.0 Å². The molecule has 0 amide bonds. The van der Waals surface area contributed by atoms with Crippen LogP contribution in [0.5, 0.6) is 0 Å². The molecule has 3 nitrogen and oxygen atoms in total. The Morgan fingerprint density at radius 3 is 3.11 bits per heavy atom. The quantitative estimate of drug-likeness (QED) is 0.891. The SMILES string of the molecule is OC(Cc1nc2ccccc2s1)C1CCCNC1. The summed E-state index contributed by atoms with van der Waals surface area (Å²) >= 11 is 1.70. The zero-order valence-electron chi connectivity index (χ0n) is 10.3. The third-order valence-electron chi connectivity index (χ3n) is 3.60. The summed E-state index contributed by atoms with van der Waals surface area (Å²) in [5.41, 5.74) is 1.05. The Balaban J connectivity index is 1.71. The van der Waals surface area contributed by atoms with Crippen molar-refractivity contribution in [1.29, 1.82) is 0 Å². The van der Waals surface area contributed by atoms with E-state index in [0.29, 0.717) is 12.3 Å². The Bertz CT molecular complexity index is 486. The molecule has 1 saturated heterocycles. The van der Waals surface area contributed by atoms with Gasteiger partial charge in [-0.25, -0.2) is 4.98 Å². The molecule has 2 aromatic rings. The number of nitrogens with zero attached hydrogens (tertiary/aromatic N) is 1. The lowest BCUT2D eigenvalue weighted by molar-refractivity contribution is 0.0922. The van der Waals surface area contributed by atoms with Crippen LogP contribution < -0.4 is 5.32 Å². The van der Waals surface area contributed by atoms with E-state index in [9.17, 15) is 5.11 Å². The molecule has 4 heteroatoms. The van der Waals surface area contributed by atoms with Crippen LogP contribution in [0.1, 0.15) is 17.8 Å². The zero-order valence-corrected chi connectivity index (χ0v) is 11.1. The van der Waals surface area contributed by atoms with E-state index in [1.54, 1.807) is 11.3 Å². The largest absolute Gasteiger partial charge is 0.392 e. The van der Waals surface area contributed by atoms with E-state index < -0.39 is 0 Å². The van der Waals surface area contributed by atoms with Crippen LogP contribution in [0.15, 0.2) is 24.3 Å². The number of hydrogen-bond acceptors (Lipinski definition) is 4. The molecule has 1 aliphatic rings. The summed E-state index contributed by atoms with van der Waals surface area (Å²) in [7, 11) is 0. The second kappa shape index (κ2) is 5.34. The third-order valence-corrected chi connectivity index (χ3v) is 4.66. The van der Waals surface area contributed by atoms with E-state index in [1.165, 1.54) is 11.1 Å². The lowest BCUT2D eigenvalue weighted by Gasteiger charge is -2.26. The first kappa shape index (κ1) is 12.1. The highest BCUT2D eigenvalue weighted by Crippen LogP contribution is 2.25. The maximum atomic E-state index is 10.3. The maximum Gasteiger partial charge on any atom is 0.0964 e. The van der Waals surface area contributed by atoms with E-state index in [0.717, 1.165) is 30.0 Å². The van der Waals surface area contributed by atoms with Crippen molar-refractivity contribution >= 4 is 21.6 Å². The number of aromatic nitrogens is 1. The van der Waals surface area contributed by atoms with Gasteiger partial charge in [-0.05, 0) is 37.4 Å². The first-order chi connectivity index (χ1) is 8.83. The molecule has 3 rings (SSSR count). The number of piperidine rings is 1. The normalized spacial score (nSPS) is 22.2. The minimum atomic E-state index is -0.265. The molecule has 2 atom stereocenters. The van der Waals surface area contributed by atoms with Crippen molar-refractivity contribution in [2.24, 2.45) is 5.92 Å². The molecule has 2 unspecified atom stereocenters. The highest BCUT2D eigenvalue weighted by molar-refractivity contribution is 7.18. The second-order valence-electron chi connectivity index (χ2n) is 4.95. The zero-order chi connectivity index (χ0) is 12.4. The van der Waals surface area contributed by atoms with Crippen LogP contribution in [0.2, 0.25) is 0 Å². The van der Waals surface area contributed by atoms with Crippen molar-refractivity contribution in [3.63, 3.8) is 0 Å². The van der Waals surface area contributed by atoms with Crippen molar-refractivity contribution in [1.82, 2.24) is 10.3 Å². The first-order valence-corrected chi connectivity index (χ1v) is 7.38. The topological polar surface area (TPSA) is 45.2 Å². The van der Waals surface area contributed by atoms with Crippen LogP contribution in [0.3, 0.4) is 0 Å². The van der Waals surface area contributed by atoms with Crippen LogP contribution in [0, 0.1) is 5.92 Å². The van der Waals surface area contributed by atoms with Crippen molar-refractivity contribution in [2.45, 2.75) is 25.4 Å². The van der Waals surface area contributed by atoms with Crippen molar-refractivity contribution in [3.8, 4) is 0 Å². The maximum absolute atomic E-state index is 10.3. The number of hydrogen-bond donors (Lipinski definition) is 2. The summed E-state index contributed by atoms with van der Waals surface area (Å²) in [5.74, 6) is 0.380. The smallest absolute Gasteiger partial charge is 0.0964 e. The highest BCUT2D eigenvalue weighted by Gasteiger charge is 2.22. The third kappa shape index (κ3) is 2.55. The molecule has 1 aliphatic heterocycles. The molecule has 1 aromatic carbocycles. The predicted molar refractivity (Wildman–Crippen MR) is 74.9 cm³/mol. The molecule has 1 fully saturated rings. The number of para-hydroxylation sites is 1. The van der Waals surface area contributed by atoms with Crippen LogP contribution in [-0.4, -0.2) is 29.3 Å². The number of aliphatic hydroxyl groups excluding tert-OH is 1. The van der Waals surface area contributed by atoms with Crippen LogP contribution in [-0.2, 0) is 6.42 Å². The molecular formula is C14H18N2OS. The Kier molecular flexibility index (Phi) is 3.59. The van der Waals surface area contributed by atoms with Crippen molar-refractivity contribution in [3.05, 3.63) is 29.3 Å². The lowest BCUT2D eigenvalue weighted by atomic mass is 9.92. The molecule has 0 bridgehead atoms. The molecule has 2 N–H and O–H groups in total. The number of nitrogens with one attached hydrogen (secondary N) is 1. The molecule has 0 spiro atoms. The summed E-state index contributed by atoms with van der Waals surface area (Å²) in [6, 6.07) is 8.16. The van der Waals surface area contributed by atoms with Crippen LogP contribution >= 0.6 is 11.3 Å². The van der Waals surface area contributed by atoms with Gasteiger partial charge in [0.05, 0.1) is 21.3 Å². The Labute approximate surface area is 111 Å². The predicted octanol–water partition coefficient (Wildman–Crippen LogP) is 2.20. The first-order valence-electron chi connectivity index (χ1n) is 6.56. The van der Waals surface area contributed by atoms with Gasteiger partial charge in [-0.3, -0.25) is 0 Å². The number of aliphatic hydroxyl groups is 1. The Hall–Kier alpha value is -0.970. The number of thiazole rings is 1. The molecule has 2 heterocycles. The lowest BCUT2D eigenvalue weighted by Crippen LogP contribution is -2.37. The number of benzene rings is 1. The van der Waals surface area contributed by atoms with E-state index in [2.05, 4.69) is 16.4 Å². The fraction of sp³-hybridized carbons (Fsp3) is 0.500. The highest BCUT2D eigenvalue weighted by atomic mass is 32.1.